The Balaban J connectivity index is 1.71. The van der Waals surface area contributed by atoms with Crippen molar-refractivity contribution in [3.63, 3.8) is 0 Å². The first-order chi connectivity index (χ1) is 17.8. The summed E-state index contributed by atoms with van der Waals surface area (Å²) in [4.78, 5) is 47.7. The second-order valence-corrected chi connectivity index (χ2v) is 13.2. The number of hydrogen-bond acceptors (Lipinski definition) is 7. The van der Waals surface area contributed by atoms with Crippen molar-refractivity contribution in [2.24, 2.45) is 46.3 Å². The monoisotopic (exact) mass is 534 g/mol. The number of carbonyl (C=O) groups is 4. The smallest absolute Gasteiger partial charge is 0.303 e. The Morgan fingerprint density at radius 1 is 0.868 bits per heavy atom. The van der Waals surface area contributed by atoms with Crippen LogP contribution in [-0.2, 0) is 33.4 Å². The molecule has 8 nitrogen and oxygen atoms in total. The molecular weight excluding hydrogens is 488 g/mol. The lowest BCUT2D eigenvalue weighted by atomic mass is 9.43. The molecular formula is C30H46O8. The molecule has 1 N–H and O–H groups in total. The molecule has 0 saturated heterocycles. The van der Waals surface area contributed by atoms with Gasteiger partial charge in [0, 0.05) is 38.5 Å². The van der Waals surface area contributed by atoms with Crippen molar-refractivity contribution in [3.05, 3.63) is 0 Å². The third-order valence-electron chi connectivity index (χ3n) is 11.2. The summed E-state index contributed by atoms with van der Waals surface area (Å²) in [7, 11) is 0. The third kappa shape index (κ3) is 5.21. The van der Waals surface area contributed by atoms with E-state index in [2.05, 4.69) is 20.8 Å². The maximum absolute atomic E-state index is 12.4. The van der Waals surface area contributed by atoms with Gasteiger partial charge in [-0.2, -0.15) is 0 Å². The molecule has 8 heteroatoms. The van der Waals surface area contributed by atoms with Gasteiger partial charge in [0.1, 0.15) is 18.3 Å². The minimum absolute atomic E-state index is 0.0370. The Hall–Kier alpha value is -2.12. The van der Waals surface area contributed by atoms with Crippen LogP contribution in [0.2, 0.25) is 0 Å². The molecule has 4 aliphatic rings. The van der Waals surface area contributed by atoms with Crippen LogP contribution >= 0.6 is 0 Å². The van der Waals surface area contributed by atoms with E-state index in [0.717, 1.165) is 38.5 Å². The average molecular weight is 535 g/mol. The zero-order valence-electron chi connectivity index (χ0n) is 23.9. The van der Waals surface area contributed by atoms with E-state index in [1.54, 1.807) is 0 Å². The number of carboxylic acids is 1. The highest BCUT2D eigenvalue weighted by Crippen LogP contribution is 2.69. The van der Waals surface area contributed by atoms with Crippen molar-refractivity contribution in [2.75, 3.05) is 0 Å². The third-order valence-corrected chi connectivity index (χ3v) is 11.2. The number of ether oxygens (including phenoxy) is 3. The van der Waals surface area contributed by atoms with Gasteiger partial charge in [-0.1, -0.05) is 20.8 Å². The Morgan fingerprint density at radius 2 is 1.53 bits per heavy atom. The Morgan fingerprint density at radius 3 is 2.13 bits per heavy atom. The van der Waals surface area contributed by atoms with Crippen molar-refractivity contribution in [1.82, 2.24) is 0 Å². The van der Waals surface area contributed by atoms with E-state index < -0.39 is 5.97 Å². The van der Waals surface area contributed by atoms with Crippen LogP contribution in [-0.4, -0.2) is 47.3 Å². The van der Waals surface area contributed by atoms with Gasteiger partial charge < -0.3 is 19.3 Å². The fourth-order valence-corrected chi connectivity index (χ4v) is 9.67. The minimum Gasteiger partial charge on any atom is -0.481 e. The van der Waals surface area contributed by atoms with E-state index in [0.29, 0.717) is 12.8 Å². The SMILES string of the molecule is CC(=O)O[C@@H]1CC[C@@]2(C)C(C1)C[C@@H](OC(C)=O)[C@H]1[C@@H]3CC[C@H]([C@H](C)CCC(=O)O)[C@@]3(C)[C@@H](OC(C)=O)C[C@@H]12. The lowest BCUT2D eigenvalue weighted by Crippen LogP contribution is -2.63. The van der Waals surface area contributed by atoms with Gasteiger partial charge in [0.2, 0.25) is 0 Å². The molecule has 11 atom stereocenters. The number of carbonyl (C=O) groups excluding carboxylic acids is 3. The van der Waals surface area contributed by atoms with Gasteiger partial charge in [-0.3, -0.25) is 19.2 Å². The molecule has 0 aromatic carbocycles. The topological polar surface area (TPSA) is 116 Å². The summed E-state index contributed by atoms with van der Waals surface area (Å²) in [5.41, 5.74) is -0.355. The Bertz CT molecular complexity index is 947. The Kier molecular flexibility index (Phi) is 8.21. The first-order valence-electron chi connectivity index (χ1n) is 14.5. The van der Waals surface area contributed by atoms with E-state index in [-0.39, 0.29) is 89.0 Å². The maximum atomic E-state index is 12.4. The van der Waals surface area contributed by atoms with E-state index in [1.165, 1.54) is 20.8 Å². The fraction of sp³-hybridized carbons (Fsp3) is 0.867. The van der Waals surface area contributed by atoms with Gasteiger partial charge in [0.15, 0.2) is 0 Å². The van der Waals surface area contributed by atoms with Gasteiger partial charge in [-0.15, -0.1) is 0 Å². The van der Waals surface area contributed by atoms with Gasteiger partial charge in [-0.25, -0.2) is 0 Å². The highest BCUT2D eigenvalue weighted by atomic mass is 16.6. The van der Waals surface area contributed by atoms with E-state index >= 15 is 0 Å². The van der Waals surface area contributed by atoms with Crippen LogP contribution in [0.4, 0.5) is 0 Å². The van der Waals surface area contributed by atoms with Crippen LogP contribution in [0, 0.1) is 46.3 Å². The number of carboxylic acid groups (broad SMARTS) is 1. The number of hydrogen-bond donors (Lipinski definition) is 1. The van der Waals surface area contributed by atoms with Crippen molar-refractivity contribution >= 4 is 23.9 Å². The number of esters is 3. The summed E-state index contributed by atoms with van der Waals surface area (Å²) in [6, 6.07) is 0. The largest absolute Gasteiger partial charge is 0.481 e. The van der Waals surface area contributed by atoms with Crippen molar-refractivity contribution in [1.29, 1.82) is 0 Å². The molecule has 1 unspecified atom stereocenters. The molecule has 0 spiro atoms. The standard InChI is InChI=1S/C30H46O8/c1-16(7-10-27(34)35)22-8-9-23-28-24(15-26(30(22,23)6)38-19(4)33)29(5)12-11-21(36-17(2)31)13-20(29)14-25(28)37-18(3)32/h16,20-26,28H,7-15H2,1-6H3,(H,34,35)/t16-,20?,21-,22-,23+,24+,25-,26+,28+,29+,30-/m1/s1. The van der Waals surface area contributed by atoms with E-state index in [9.17, 15) is 24.3 Å². The molecule has 0 aromatic heterocycles. The molecule has 4 aliphatic carbocycles. The highest BCUT2D eigenvalue weighted by Gasteiger charge is 2.67. The van der Waals surface area contributed by atoms with E-state index in [1.807, 2.05) is 0 Å². The molecule has 4 fully saturated rings. The predicted molar refractivity (Wildman–Crippen MR) is 139 cm³/mol. The number of rotatable bonds is 7. The van der Waals surface area contributed by atoms with E-state index in [4.69, 9.17) is 14.2 Å². The van der Waals surface area contributed by atoms with Crippen LogP contribution in [0.15, 0.2) is 0 Å². The van der Waals surface area contributed by atoms with Gasteiger partial charge in [0.25, 0.3) is 0 Å². The van der Waals surface area contributed by atoms with Crippen LogP contribution in [0.3, 0.4) is 0 Å². The molecule has 4 rings (SSSR count). The molecule has 0 heterocycles. The minimum atomic E-state index is -0.790. The molecule has 0 aliphatic heterocycles. The zero-order chi connectivity index (χ0) is 28.0. The maximum Gasteiger partial charge on any atom is 0.303 e. The van der Waals surface area contributed by atoms with Crippen molar-refractivity contribution in [2.45, 2.75) is 118 Å². The summed E-state index contributed by atoms with van der Waals surface area (Å²) in [6.07, 6.45) is 5.93. The second-order valence-electron chi connectivity index (χ2n) is 13.2. The summed E-state index contributed by atoms with van der Waals surface area (Å²) in [5.74, 6) is -0.421. The normalized spacial score (nSPS) is 42.6. The molecule has 0 amide bonds. The summed E-state index contributed by atoms with van der Waals surface area (Å²) < 4.78 is 17.8. The zero-order valence-corrected chi connectivity index (χ0v) is 23.9. The van der Waals surface area contributed by atoms with Crippen molar-refractivity contribution in [3.8, 4) is 0 Å². The fourth-order valence-electron chi connectivity index (χ4n) is 9.67. The van der Waals surface area contributed by atoms with Gasteiger partial charge in [-0.05, 0) is 86.4 Å². The number of fused-ring (bicyclic) bond motifs is 5. The van der Waals surface area contributed by atoms with Crippen LogP contribution < -0.4 is 0 Å². The highest BCUT2D eigenvalue weighted by molar-refractivity contribution is 5.67. The van der Waals surface area contributed by atoms with Crippen LogP contribution in [0.1, 0.15) is 99.3 Å². The average Bonchev–Trinajstić information content (AvgIpc) is 3.16. The lowest BCUT2D eigenvalue weighted by molar-refractivity contribution is -0.224. The lowest BCUT2D eigenvalue weighted by Gasteiger charge is -2.64. The number of aliphatic carboxylic acids is 1. The van der Waals surface area contributed by atoms with Crippen LogP contribution in [0.25, 0.3) is 0 Å². The summed E-state index contributed by atoms with van der Waals surface area (Å²) in [6.45, 7) is 11.1. The quantitative estimate of drug-likeness (QED) is 0.352. The predicted octanol–water partition coefficient (Wildman–Crippen LogP) is 5.16. The molecule has 0 radical (unpaired) electrons. The molecule has 38 heavy (non-hydrogen) atoms. The molecule has 0 bridgehead atoms. The Labute approximate surface area is 226 Å². The second kappa shape index (κ2) is 10.8. The summed E-state index contributed by atoms with van der Waals surface area (Å²) >= 11 is 0. The summed E-state index contributed by atoms with van der Waals surface area (Å²) in [5, 5.41) is 9.31. The molecule has 0 aromatic rings. The van der Waals surface area contributed by atoms with Crippen molar-refractivity contribution < 1.29 is 38.5 Å². The first-order valence-corrected chi connectivity index (χ1v) is 14.5. The molecule has 214 valence electrons. The molecule has 4 saturated carbocycles. The van der Waals surface area contributed by atoms with Crippen LogP contribution in [0.5, 0.6) is 0 Å². The first kappa shape index (κ1) is 28.9. The van der Waals surface area contributed by atoms with Gasteiger partial charge in [0.05, 0.1) is 0 Å². The van der Waals surface area contributed by atoms with Gasteiger partial charge >= 0.3 is 23.9 Å².